The highest BCUT2D eigenvalue weighted by atomic mass is 32.2. The summed E-state index contributed by atoms with van der Waals surface area (Å²) in [5.41, 5.74) is 0.470. The van der Waals surface area contributed by atoms with E-state index in [0.717, 1.165) is 4.90 Å². The van der Waals surface area contributed by atoms with Gasteiger partial charge in [-0.1, -0.05) is 36.4 Å². The third kappa shape index (κ3) is 2.83. The summed E-state index contributed by atoms with van der Waals surface area (Å²) in [5.74, 6) is -0.854. The molecule has 0 aromatic heterocycles. The van der Waals surface area contributed by atoms with Crippen molar-refractivity contribution < 1.29 is 18.0 Å². The van der Waals surface area contributed by atoms with Crippen molar-refractivity contribution in [1.29, 1.82) is 0 Å². The van der Waals surface area contributed by atoms with Gasteiger partial charge in [-0.25, -0.2) is 13.3 Å². The van der Waals surface area contributed by atoms with Gasteiger partial charge in [0, 0.05) is 6.04 Å². The molecule has 7 heteroatoms. The van der Waals surface area contributed by atoms with Crippen molar-refractivity contribution in [3.63, 3.8) is 0 Å². The summed E-state index contributed by atoms with van der Waals surface area (Å²) in [6, 6.07) is 15.5. The molecule has 2 aromatic rings. The zero-order valence-electron chi connectivity index (χ0n) is 14.0. The number of carbonyl (C=O) groups excluding carboxylic acids is 2. The second-order valence-corrected chi connectivity index (χ2v) is 8.35. The molecule has 2 aromatic carbocycles. The van der Waals surface area contributed by atoms with Crippen LogP contribution in [0.15, 0.2) is 65.6 Å². The van der Waals surface area contributed by atoms with Crippen molar-refractivity contribution in [1.82, 2.24) is 4.31 Å². The molecule has 1 atom stereocenters. The fraction of sp³-hybridized carbons (Fsp3) is 0.263. The number of para-hydroxylation sites is 1. The summed E-state index contributed by atoms with van der Waals surface area (Å²) < 4.78 is 27.5. The molecule has 0 N–H and O–H groups in total. The quantitative estimate of drug-likeness (QED) is 0.756. The summed E-state index contributed by atoms with van der Waals surface area (Å²) in [5, 5.41) is 0. The van der Waals surface area contributed by atoms with Crippen molar-refractivity contribution in [2.45, 2.75) is 36.2 Å². The smallest absolute Gasteiger partial charge is 0.252 e. The van der Waals surface area contributed by atoms with Crippen molar-refractivity contribution in [3.05, 3.63) is 60.7 Å². The molecular weight excluding hydrogens is 352 g/mol. The number of carbonyl (C=O) groups is 2. The molecule has 1 heterocycles. The Kier molecular flexibility index (Phi) is 4.13. The molecule has 2 fully saturated rings. The second-order valence-electron chi connectivity index (χ2n) is 6.50. The van der Waals surface area contributed by atoms with Crippen LogP contribution in [0.4, 0.5) is 5.69 Å². The second kappa shape index (κ2) is 6.34. The maximum absolute atomic E-state index is 13.1. The molecule has 26 heavy (non-hydrogen) atoms. The average Bonchev–Trinajstić information content (AvgIpc) is 3.43. The van der Waals surface area contributed by atoms with Crippen LogP contribution < -0.4 is 4.90 Å². The van der Waals surface area contributed by atoms with Gasteiger partial charge in [-0.3, -0.25) is 9.59 Å². The van der Waals surface area contributed by atoms with E-state index in [1.807, 2.05) is 0 Å². The number of hydrogen-bond donors (Lipinski definition) is 0. The number of rotatable bonds is 5. The average molecular weight is 370 g/mol. The molecule has 1 saturated carbocycles. The Labute approximate surface area is 152 Å². The molecule has 0 spiro atoms. The van der Waals surface area contributed by atoms with Crippen molar-refractivity contribution in [3.8, 4) is 0 Å². The van der Waals surface area contributed by atoms with Crippen LogP contribution in [0.3, 0.4) is 0 Å². The SMILES string of the molecule is O=C1CC(N(C2CC2)S(=O)(=O)c2ccccc2)C(=O)N1c1ccccc1. The molecule has 0 radical (unpaired) electrons. The number of nitrogens with zero attached hydrogens (tertiary/aromatic N) is 2. The topological polar surface area (TPSA) is 74.8 Å². The molecule has 1 aliphatic carbocycles. The molecule has 1 saturated heterocycles. The van der Waals surface area contributed by atoms with E-state index in [0.29, 0.717) is 18.5 Å². The number of amides is 2. The summed E-state index contributed by atoms with van der Waals surface area (Å²) in [7, 11) is -3.85. The first-order valence-corrected chi connectivity index (χ1v) is 9.94. The van der Waals surface area contributed by atoms with Crippen molar-refractivity contribution in [2.75, 3.05) is 4.90 Å². The Morgan fingerprint density at radius 1 is 0.885 bits per heavy atom. The monoisotopic (exact) mass is 370 g/mol. The first-order chi connectivity index (χ1) is 12.5. The molecule has 4 rings (SSSR count). The van der Waals surface area contributed by atoms with Crippen molar-refractivity contribution in [2.24, 2.45) is 0 Å². The Morgan fingerprint density at radius 2 is 1.46 bits per heavy atom. The number of benzene rings is 2. The van der Waals surface area contributed by atoms with Crippen LogP contribution in [0.1, 0.15) is 19.3 Å². The number of imide groups is 1. The maximum Gasteiger partial charge on any atom is 0.252 e. The van der Waals surface area contributed by atoms with Gasteiger partial charge in [-0.05, 0) is 37.1 Å². The third-order valence-corrected chi connectivity index (χ3v) is 6.65. The Hall–Kier alpha value is -2.51. The minimum atomic E-state index is -3.85. The molecule has 0 bridgehead atoms. The van der Waals surface area contributed by atoms with E-state index in [4.69, 9.17) is 0 Å². The molecule has 6 nitrogen and oxygen atoms in total. The maximum atomic E-state index is 13.1. The van der Waals surface area contributed by atoms with Gasteiger partial charge in [0.1, 0.15) is 6.04 Å². The number of hydrogen-bond acceptors (Lipinski definition) is 4. The first kappa shape index (κ1) is 16.9. The van der Waals surface area contributed by atoms with Gasteiger partial charge in [-0.15, -0.1) is 0 Å². The third-order valence-electron chi connectivity index (χ3n) is 4.67. The van der Waals surface area contributed by atoms with E-state index in [1.54, 1.807) is 48.5 Å². The summed E-state index contributed by atoms with van der Waals surface area (Å²) >= 11 is 0. The van der Waals surface area contributed by atoms with Gasteiger partial charge in [-0.2, -0.15) is 4.31 Å². The van der Waals surface area contributed by atoms with Crippen LogP contribution in [0.25, 0.3) is 0 Å². The molecule has 1 aliphatic heterocycles. The van der Waals surface area contributed by atoms with Gasteiger partial charge in [0.25, 0.3) is 5.91 Å². The van der Waals surface area contributed by atoms with Crippen LogP contribution in [0.5, 0.6) is 0 Å². The van der Waals surface area contributed by atoms with E-state index >= 15 is 0 Å². The van der Waals surface area contributed by atoms with Crippen molar-refractivity contribution >= 4 is 27.5 Å². The highest BCUT2D eigenvalue weighted by molar-refractivity contribution is 7.89. The summed E-state index contributed by atoms with van der Waals surface area (Å²) in [4.78, 5) is 26.7. The molecule has 2 amide bonds. The lowest BCUT2D eigenvalue weighted by Gasteiger charge is -2.26. The van der Waals surface area contributed by atoms with E-state index in [9.17, 15) is 18.0 Å². The molecule has 1 unspecified atom stereocenters. The van der Waals surface area contributed by atoms with Gasteiger partial charge in [0.15, 0.2) is 0 Å². The Bertz CT molecular complexity index is 940. The minimum absolute atomic E-state index is 0.129. The van der Waals surface area contributed by atoms with Gasteiger partial charge in [0.2, 0.25) is 15.9 Å². The van der Waals surface area contributed by atoms with Crippen LogP contribution in [-0.2, 0) is 19.6 Å². The van der Waals surface area contributed by atoms with Crippen LogP contribution in [0, 0.1) is 0 Å². The van der Waals surface area contributed by atoms with Gasteiger partial charge in [0.05, 0.1) is 17.0 Å². The van der Waals surface area contributed by atoms with Crippen LogP contribution >= 0.6 is 0 Å². The lowest BCUT2D eigenvalue weighted by Crippen LogP contribution is -2.46. The zero-order chi connectivity index (χ0) is 18.3. The highest BCUT2D eigenvalue weighted by Gasteiger charge is 2.51. The van der Waals surface area contributed by atoms with E-state index < -0.39 is 22.0 Å². The van der Waals surface area contributed by atoms with Crippen LogP contribution in [0.2, 0.25) is 0 Å². The Morgan fingerprint density at radius 3 is 2.04 bits per heavy atom. The molecular formula is C19H18N2O4S. The zero-order valence-corrected chi connectivity index (χ0v) is 14.8. The first-order valence-electron chi connectivity index (χ1n) is 8.50. The number of sulfonamides is 1. The molecule has 134 valence electrons. The Balaban J connectivity index is 1.71. The van der Waals surface area contributed by atoms with Crippen LogP contribution in [-0.4, -0.2) is 36.6 Å². The molecule has 2 aliphatic rings. The highest BCUT2D eigenvalue weighted by Crippen LogP contribution is 2.38. The predicted molar refractivity (Wildman–Crippen MR) is 95.8 cm³/mol. The van der Waals surface area contributed by atoms with E-state index in [2.05, 4.69) is 0 Å². The number of anilines is 1. The predicted octanol–water partition coefficient (Wildman–Crippen LogP) is 2.17. The van der Waals surface area contributed by atoms with E-state index in [1.165, 1.54) is 16.4 Å². The standard InChI is InChI=1S/C19H18N2O4S/c22-18-13-17(19(23)20(18)14-7-3-1-4-8-14)21(15-11-12-15)26(24,25)16-9-5-2-6-10-16/h1-10,15,17H,11-13H2. The normalized spacial score (nSPS) is 20.8. The summed E-state index contributed by atoms with van der Waals surface area (Å²) in [6.07, 6.45) is 1.28. The van der Waals surface area contributed by atoms with Gasteiger partial charge >= 0.3 is 0 Å². The fourth-order valence-electron chi connectivity index (χ4n) is 3.32. The van der Waals surface area contributed by atoms with E-state index in [-0.39, 0.29) is 23.3 Å². The van der Waals surface area contributed by atoms with Gasteiger partial charge < -0.3 is 0 Å². The largest absolute Gasteiger partial charge is 0.274 e. The summed E-state index contributed by atoms with van der Waals surface area (Å²) in [6.45, 7) is 0. The lowest BCUT2D eigenvalue weighted by atomic mass is 10.2. The minimum Gasteiger partial charge on any atom is -0.274 e. The fourth-order valence-corrected chi connectivity index (χ4v) is 5.17. The lowest BCUT2D eigenvalue weighted by molar-refractivity contribution is -0.122.